The molecule has 0 aliphatic carbocycles. The molecular formula is C19H14N2. The number of aromatic amines is 2. The molecule has 0 atom stereocenters. The molecule has 5 aromatic rings. The van der Waals surface area contributed by atoms with Crippen LogP contribution in [-0.2, 0) is 0 Å². The van der Waals surface area contributed by atoms with Gasteiger partial charge in [-0.25, -0.2) is 0 Å². The summed E-state index contributed by atoms with van der Waals surface area (Å²) in [6, 6.07) is 19.3. The van der Waals surface area contributed by atoms with Crippen LogP contribution in [0.2, 0.25) is 0 Å². The Bertz CT molecular complexity index is 1140. The summed E-state index contributed by atoms with van der Waals surface area (Å²) in [6.07, 6.45) is 0. The first-order valence-corrected chi connectivity index (χ1v) is 7.23. The zero-order valence-electron chi connectivity index (χ0n) is 11.7. The molecule has 2 N–H and O–H groups in total. The Hall–Kier alpha value is -2.74. The topological polar surface area (TPSA) is 31.6 Å². The van der Waals surface area contributed by atoms with Gasteiger partial charge in [-0.05, 0) is 30.7 Å². The standard InChI is InChI=1S/C19H14N2/c1-11-10-14-12-6-2-4-8-15(12)20-18(14)19-17(11)13-7-3-5-9-16(13)21-19/h2-10,20-21H,1H3. The zero-order valence-corrected chi connectivity index (χ0v) is 11.7. The Labute approximate surface area is 121 Å². The van der Waals surface area contributed by atoms with Crippen molar-refractivity contribution in [2.75, 3.05) is 0 Å². The number of rotatable bonds is 0. The minimum Gasteiger partial charge on any atom is -0.353 e. The van der Waals surface area contributed by atoms with Gasteiger partial charge in [-0.15, -0.1) is 0 Å². The number of aryl methyl sites for hydroxylation is 1. The normalized spacial score (nSPS) is 12.0. The molecule has 0 amide bonds. The summed E-state index contributed by atoms with van der Waals surface area (Å²) in [7, 11) is 0. The molecule has 2 aromatic heterocycles. The number of aromatic nitrogens is 2. The molecule has 0 fully saturated rings. The lowest BCUT2D eigenvalue weighted by atomic mass is 10.0. The number of hydrogen-bond donors (Lipinski definition) is 2. The summed E-state index contributed by atoms with van der Waals surface area (Å²) in [5.74, 6) is 0. The van der Waals surface area contributed by atoms with Crippen molar-refractivity contribution in [2.24, 2.45) is 0 Å². The van der Waals surface area contributed by atoms with Crippen LogP contribution >= 0.6 is 0 Å². The van der Waals surface area contributed by atoms with Crippen molar-refractivity contribution in [3.05, 3.63) is 60.2 Å². The SMILES string of the molecule is Cc1cc2c3ccccc3[nH]c2c2[nH]c3ccccc3c12. The number of para-hydroxylation sites is 2. The van der Waals surface area contributed by atoms with Gasteiger partial charge in [-0.2, -0.15) is 0 Å². The lowest BCUT2D eigenvalue weighted by Gasteiger charge is -2.00. The molecule has 21 heavy (non-hydrogen) atoms. The maximum Gasteiger partial charge on any atom is 0.0713 e. The van der Waals surface area contributed by atoms with Gasteiger partial charge >= 0.3 is 0 Å². The maximum atomic E-state index is 3.59. The van der Waals surface area contributed by atoms with E-state index in [2.05, 4.69) is 71.5 Å². The van der Waals surface area contributed by atoms with Gasteiger partial charge in [0, 0.05) is 32.6 Å². The van der Waals surface area contributed by atoms with E-state index in [1.54, 1.807) is 0 Å². The predicted octanol–water partition coefficient (Wildman–Crippen LogP) is 5.26. The lowest BCUT2D eigenvalue weighted by molar-refractivity contribution is 1.50. The van der Waals surface area contributed by atoms with E-state index in [1.807, 2.05) is 0 Å². The van der Waals surface area contributed by atoms with Gasteiger partial charge in [0.05, 0.1) is 11.0 Å². The molecule has 0 radical (unpaired) electrons. The Balaban J connectivity index is 2.14. The van der Waals surface area contributed by atoms with Crippen LogP contribution in [0.25, 0.3) is 43.6 Å². The van der Waals surface area contributed by atoms with E-state index in [-0.39, 0.29) is 0 Å². The zero-order chi connectivity index (χ0) is 14.0. The maximum absolute atomic E-state index is 3.59. The minimum atomic E-state index is 1.19. The third kappa shape index (κ3) is 1.32. The summed E-state index contributed by atoms with van der Waals surface area (Å²) in [5.41, 5.74) is 6.12. The van der Waals surface area contributed by atoms with Gasteiger partial charge < -0.3 is 9.97 Å². The fraction of sp³-hybridized carbons (Fsp3) is 0.0526. The van der Waals surface area contributed by atoms with Crippen molar-refractivity contribution in [1.29, 1.82) is 0 Å². The molecule has 100 valence electrons. The van der Waals surface area contributed by atoms with Crippen LogP contribution in [0.3, 0.4) is 0 Å². The number of hydrogen-bond acceptors (Lipinski definition) is 0. The van der Waals surface area contributed by atoms with Crippen molar-refractivity contribution in [3.63, 3.8) is 0 Å². The third-order valence-electron chi connectivity index (χ3n) is 4.46. The van der Waals surface area contributed by atoms with Crippen LogP contribution < -0.4 is 0 Å². The average molecular weight is 270 g/mol. The highest BCUT2D eigenvalue weighted by molar-refractivity contribution is 6.22. The van der Waals surface area contributed by atoms with Gasteiger partial charge in [0.1, 0.15) is 0 Å². The summed E-state index contributed by atoms with van der Waals surface area (Å²) >= 11 is 0. The van der Waals surface area contributed by atoms with Crippen LogP contribution in [0.15, 0.2) is 54.6 Å². The van der Waals surface area contributed by atoms with E-state index < -0.39 is 0 Å². The Morgan fingerprint density at radius 1 is 0.667 bits per heavy atom. The lowest BCUT2D eigenvalue weighted by Crippen LogP contribution is -1.78. The molecule has 0 saturated heterocycles. The number of fused-ring (bicyclic) bond motifs is 7. The molecule has 5 rings (SSSR count). The van der Waals surface area contributed by atoms with Gasteiger partial charge in [0.25, 0.3) is 0 Å². The monoisotopic (exact) mass is 270 g/mol. The predicted molar refractivity (Wildman–Crippen MR) is 89.9 cm³/mol. The summed E-state index contributed by atoms with van der Waals surface area (Å²) < 4.78 is 0. The Kier molecular flexibility index (Phi) is 1.92. The van der Waals surface area contributed by atoms with Gasteiger partial charge in [-0.3, -0.25) is 0 Å². The van der Waals surface area contributed by atoms with Crippen molar-refractivity contribution >= 4 is 43.6 Å². The number of nitrogens with one attached hydrogen (secondary N) is 2. The van der Waals surface area contributed by atoms with Crippen molar-refractivity contribution in [2.45, 2.75) is 6.92 Å². The molecule has 0 aliphatic rings. The fourth-order valence-corrected chi connectivity index (χ4v) is 3.54. The van der Waals surface area contributed by atoms with Crippen LogP contribution in [-0.4, -0.2) is 9.97 Å². The van der Waals surface area contributed by atoms with Crippen LogP contribution in [0.1, 0.15) is 5.56 Å². The smallest absolute Gasteiger partial charge is 0.0713 e. The fourth-order valence-electron chi connectivity index (χ4n) is 3.54. The van der Waals surface area contributed by atoms with Crippen molar-refractivity contribution < 1.29 is 0 Å². The first-order valence-electron chi connectivity index (χ1n) is 7.23. The van der Waals surface area contributed by atoms with E-state index in [4.69, 9.17) is 0 Å². The van der Waals surface area contributed by atoms with Gasteiger partial charge in [-0.1, -0.05) is 36.4 Å². The van der Waals surface area contributed by atoms with Crippen LogP contribution in [0.5, 0.6) is 0 Å². The van der Waals surface area contributed by atoms with E-state index in [9.17, 15) is 0 Å². The molecule has 2 nitrogen and oxygen atoms in total. The van der Waals surface area contributed by atoms with Crippen LogP contribution in [0, 0.1) is 6.92 Å². The molecule has 0 aliphatic heterocycles. The molecular weight excluding hydrogens is 256 g/mol. The summed E-state index contributed by atoms with van der Waals surface area (Å²) in [4.78, 5) is 7.17. The summed E-state index contributed by atoms with van der Waals surface area (Å²) in [6.45, 7) is 2.20. The van der Waals surface area contributed by atoms with Gasteiger partial charge in [0.15, 0.2) is 0 Å². The van der Waals surface area contributed by atoms with E-state index >= 15 is 0 Å². The minimum absolute atomic E-state index is 1.19. The van der Waals surface area contributed by atoms with Gasteiger partial charge in [0.2, 0.25) is 0 Å². The molecule has 0 bridgehead atoms. The second kappa shape index (κ2) is 3.67. The first-order chi connectivity index (χ1) is 10.3. The molecule has 2 heteroatoms. The van der Waals surface area contributed by atoms with E-state index in [0.29, 0.717) is 0 Å². The quantitative estimate of drug-likeness (QED) is 0.384. The third-order valence-corrected chi connectivity index (χ3v) is 4.46. The second-order valence-electron chi connectivity index (χ2n) is 5.71. The highest BCUT2D eigenvalue weighted by atomic mass is 14.8. The molecule has 0 unspecified atom stereocenters. The average Bonchev–Trinajstić information content (AvgIpc) is 3.06. The summed E-state index contributed by atoms with van der Waals surface area (Å²) in [5, 5.41) is 5.20. The second-order valence-corrected chi connectivity index (χ2v) is 5.71. The first kappa shape index (κ1) is 11.0. The molecule has 2 heterocycles. The highest BCUT2D eigenvalue weighted by Crippen LogP contribution is 2.36. The van der Waals surface area contributed by atoms with E-state index in [0.717, 1.165) is 0 Å². The molecule has 0 saturated carbocycles. The van der Waals surface area contributed by atoms with Crippen LogP contribution in [0.4, 0.5) is 0 Å². The largest absolute Gasteiger partial charge is 0.353 e. The highest BCUT2D eigenvalue weighted by Gasteiger charge is 2.13. The number of benzene rings is 3. The Morgan fingerprint density at radius 3 is 2.10 bits per heavy atom. The van der Waals surface area contributed by atoms with Crippen molar-refractivity contribution in [3.8, 4) is 0 Å². The van der Waals surface area contributed by atoms with E-state index in [1.165, 1.54) is 49.2 Å². The molecule has 0 spiro atoms. The number of H-pyrrole nitrogens is 2. The Morgan fingerprint density at radius 2 is 1.29 bits per heavy atom. The molecule has 3 aromatic carbocycles. The van der Waals surface area contributed by atoms with Crippen molar-refractivity contribution in [1.82, 2.24) is 9.97 Å².